The molecule has 2 aromatic heterocycles. The van der Waals surface area contributed by atoms with E-state index in [1.54, 1.807) is 18.0 Å². The lowest BCUT2D eigenvalue weighted by molar-refractivity contribution is -0.117. The molecule has 142 valence electrons. The van der Waals surface area contributed by atoms with Crippen LogP contribution in [0, 0.1) is 11.8 Å². The Morgan fingerprint density at radius 2 is 2.12 bits per heavy atom. The van der Waals surface area contributed by atoms with Gasteiger partial charge in [-0.05, 0) is 31.6 Å². The number of amides is 1. The SMILES string of the molecule is CCc1cnc(C(C)Sc2cnc(NC(=O)CC3CCC(C)CC3)s2)o1. The van der Waals surface area contributed by atoms with Crippen LogP contribution in [-0.2, 0) is 11.2 Å². The van der Waals surface area contributed by atoms with E-state index in [9.17, 15) is 4.79 Å². The lowest BCUT2D eigenvalue weighted by Crippen LogP contribution is -2.20. The van der Waals surface area contributed by atoms with Gasteiger partial charge < -0.3 is 9.73 Å². The highest BCUT2D eigenvalue weighted by molar-refractivity contribution is 8.01. The average Bonchev–Trinajstić information content (AvgIpc) is 3.26. The van der Waals surface area contributed by atoms with E-state index in [1.165, 1.54) is 37.0 Å². The normalized spacial score (nSPS) is 21.5. The van der Waals surface area contributed by atoms with Crippen molar-refractivity contribution in [1.82, 2.24) is 9.97 Å². The molecule has 1 fully saturated rings. The van der Waals surface area contributed by atoms with Gasteiger partial charge in [0.2, 0.25) is 11.8 Å². The Morgan fingerprint density at radius 3 is 2.81 bits per heavy atom. The van der Waals surface area contributed by atoms with Crippen molar-refractivity contribution >= 4 is 34.1 Å². The van der Waals surface area contributed by atoms with Crippen molar-refractivity contribution in [2.45, 2.75) is 68.8 Å². The number of anilines is 1. The molecule has 1 unspecified atom stereocenters. The molecule has 1 aliphatic carbocycles. The Hall–Kier alpha value is -1.34. The van der Waals surface area contributed by atoms with Gasteiger partial charge in [0.1, 0.15) is 5.76 Å². The summed E-state index contributed by atoms with van der Waals surface area (Å²) in [5.41, 5.74) is 0. The van der Waals surface area contributed by atoms with E-state index in [-0.39, 0.29) is 11.2 Å². The van der Waals surface area contributed by atoms with E-state index in [0.717, 1.165) is 28.2 Å². The molecule has 0 saturated heterocycles. The molecule has 1 saturated carbocycles. The molecule has 1 atom stereocenters. The number of carbonyl (C=O) groups is 1. The Labute approximate surface area is 163 Å². The Morgan fingerprint density at radius 1 is 1.35 bits per heavy atom. The standard InChI is InChI=1S/C19H27N3O2S2/c1-4-15-10-20-18(24-15)13(3)25-17-11-21-19(26-17)22-16(23)9-14-7-5-12(2)6-8-14/h10-14H,4-9H2,1-3H3,(H,21,22,23). The molecule has 2 aromatic rings. The van der Waals surface area contributed by atoms with Crippen LogP contribution < -0.4 is 5.32 Å². The number of oxazole rings is 1. The number of carbonyl (C=O) groups excluding carboxylic acids is 1. The summed E-state index contributed by atoms with van der Waals surface area (Å²) in [6.45, 7) is 6.42. The van der Waals surface area contributed by atoms with Crippen LogP contribution in [0.3, 0.4) is 0 Å². The molecule has 1 aliphatic rings. The van der Waals surface area contributed by atoms with E-state index in [0.29, 0.717) is 17.5 Å². The van der Waals surface area contributed by atoms with Crippen LogP contribution in [0.15, 0.2) is 21.0 Å². The van der Waals surface area contributed by atoms with Crippen molar-refractivity contribution in [3.63, 3.8) is 0 Å². The third-order valence-corrected chi connectivity index (χ3v) is 7.04. The van der Waals surface area contributed by atoms with E-state index in [2.05, 4.69) is 29.1 Å². The molecule has 3 rings (SSSR count). The summed E-state index contributed by atoms with van der Waals surface area (Å²) in [6.07, 6.45) is 9.89. The lowest BCUT2D eigenvalue weighted by atomic mass is 9.81. The summed E-state index contributed by atoms with van der Waals surface area (Å²) in [7, 11) is 0. The highest BCUT2D eigenvalue weighted by Gasteiger charge is 2.21. The fourth-order valence-corrected chi connectivity index (χ4v) is 5.34. The van der Waals surface area contributed by atoms with E-state index < -0.39 is 0 Å². The zero-order valence-electron chi connectivity index (χ0n) is 15.7. The molecule has 0 radical (unpaired) electrons. The van der Waals surface area contributed by atoms with Crippen molar-refractivity contribution in [3.8, 4) is 0 Å². The molecule has 1 amide bonds. The van der Waals surface area contributed by atoms with Crippen molar-refractivity contribution in [2.75, 3.05) is 5.32 Å². The minimum atomic E-state index is 0.0868. The minimum Gasteiger partial charge on any atom is -0.445 e. The first-order chi connectivity index (χ1) is 12.5. The molecule has 0 aromatic carbocycles. The van der Waals surface area contributed by atoms with E-state index in [1.807, 2.05) is 13.1 Å². The van der Waals surface area contributed by atoms with Gasteiger partial charge in [0.05, 0.1) is 21.9 Å². The summed E-state index contributed by atoms with van der Waals surface area (Å²) in [5, 5.41) is 3.75. The van der Waals surface area contributed by atoms with Gasteiger partial charge in [-0.25, -0.2) is 9.97 Å². The number of thioether (sulfide) groups is 1. The zero-order chi connectivity index (χ0) is 18.5. The van der Waals surface area contributed by atoms with Gasteiger partial charge >= 0.3 is 0 Å². The second-order valence-corrected chi connectivity index (χ2v) is 9.81. The summed E-state index contributed by atoms with van der Waals surface area (Å²) in [4.78, 5) is 21.0. The van der Waals surface area contributed by atoms with Crippen molar-refractivity contribution < 1.29 is 9.21 Å². The second-order valence-electron chi connectivity index (χ2n) is 7.14. The van der Waals surface area contributed by atoms with Crippen LogP contribution in [0.25, 0.3) is 0 Å². The van der Waals surface area contributed by atoms with Crippen molar-refractivity contribution in [2.24, 2.45) is 11.8 Å². The lowest BCUT2D eigenvalue weighted by Gasteiger charge is -2.25. The molecule has 0 aliphatic heterocycles. The van der Waals surface area contributed by atoms with Gasteiger partial charge in [-0.3, -0.25) is 4.79 Å². The maximum absolute atomic E-state index is 12.3. The molecule has 0 spiro atoms. The third kappa shape index (κ3) is 5.33. The van der Waals surface area contributed by atoms with Gasteiger partial charge in [-0.15, -0.1) is 11.8 Å². The number of hydrogen-bond acceptors (Lipinski definition) is 6. The van der Waals surface area contributed by atoms with Crippen LogP contribution in [-0.4, -0.2) is 15.9 Å². The molecule has 0 bridgehead atoms. The third-order valence-electron chi connectivity index (χ3n) is 4.90. The maximum Gasteiger partial charge on any atom is 0.226 e. The molecular weight excluding hydrogens is 366 g/mol. The minimum absolute atomic E-state index is 0.0868. The summed E-state index contributed by atoms with van der Waals surface area (Å²) < 4.78 is 6.76. The first-order valence-corrected chi connectivity index (χ1v) is 11.1. The van der Waals surface area contributed by atoms with E-state index >= 15 is 0 Å². The fourth-order valence-electron chi connectivity index (χ4n) is 3.24. The molecular formula is C19H27N3O2S2. The first-order valence-electron chi connectivity index (χ1n) is 9.40. The summed E-state index contributed by atoms with van der Waals surface area (Å²) in [6, 6.07) is 0. The van der Waals surface area contributed by atoms with Crippen LogP contribution in [0.5, 0.6) is 0 Å². The topological polar surface area (TPSA) is 68.0 Å². The highest BCUT2D eigenvalue weighted by atomic mass is 32.2. The van der Waals surface area contributed by atoms with Gasteiger partial charge in [0.15, 0.2) is 5.13 Å². The maximum atomic E-state index is 12.3. The quantitative estimate of drug-likeness (QED) is 0.611. The molecule has 1 N–H and O–H groups in total. The predicted octanol–water partition coefficient (Wildman–Crippen LogP) is 5.70. The number of hydrogen-bond donors (Lipinski definition) is 1. The van der Waals surface area contributed by atoms with Crippen molar-refractivity contribution in [3.05, 3.63) is 24.0 Å². The Balaban J connectivity index is 1.48. The molecule has 5 nitrogen and oxygen atoms in total. The van der Waals surface area contributed by atoms with Crippen LogP contribution >= 0.6 is 23.1 Å². The molecule has 2 heterocycles. The number of nitrogens with one attached hydrogen (secondary N) is 1. The van der Waals surface area contributed by atoms with Crippen LogP contribution in [0.4, 0.5) is 5.13 Å². The number of aromatic nitrogens is 2. The van der Waals surface area contributed by atoms with Gasteiger partial charge in [-0.1, -0.05) is 38.0 Å². The largest absolute Gasteiger partial charge is 0.445 e. The first kappa shape index (κ1) is 19.4. The summed E-state index contributed by atoms with van der Waals surface area (Å²) in [5.74, 6) is 3.06. The van der Waals surface area contributed by atoms with E-state index in [4.69, 9.17) is 4.42 Å². The van der Waals surface area contributed by atoms with Crippen molar-refractivity contribution in [1.29, 1.82) is 0 Å². The van der Waals surface area contributed by atoms with Crippen LogP contribution in [0.1, 0.15) is 69.8 Å². The molecule has 26 heavy (non-hydrogen) atoms. The summed E-state index contributed by atoms with van der Waals surface area (Å²) >= 11 is 3.16. The second kappa shape index (κ2) is 9.04. The monoisotopic (exact) mass is 393 g/mol. The van der Waals surface area contributed by atoms with Gasteiger partial charge in [-0.2, -0.15) is 0 Å². The smallest absolute Gasteiger partial charge is 0.226 e. The number of thiazole rings is 1. The number of aryl methyl sites for hydroxylation is 1. The van der Waals surface area contributed by atoms with Gasteiger partial charge in [0.25, 0.3) is 0 Å². The van der Waals surface area contributed by atoms with Crippen LogP contribution in [0.2, 0.25) is 0 Å². The fraction of sp³-hybridized carbons (Fsp3) is 0.632. The molecule has 7 heteroatoms. The predicted molar refractivity (Wildman–Crippen MR) is 107 cm³/mol. The number of rotatable bonds is 7. The Kier molecular flexibility index (Phi) is 6.75. The Bertz CT molecular complexity index is 720. The number of nitrogens with zero attached hydrogens (tertiary/aromatic N) is 2. The average molecular weight is 394 g/mol. The van der Waals surface area contributed by atoms with Gasteiger partial charge in [0, 0.05) is 12.8 Å². The zero-order valence-corrected chi connectivity index (χ0v) is 17.3. The highest BCUT2D eigenvalue weighted by Crippen LogP contribution is 2.39.